The fraction of sp³-hybridized carbons (Fsp3) is 0.111. The highest BCUT2D eigenvalue weighted by Crippen LogP contribution is 2.08. The fourth-order valence-electron chi connectivity index (χ4n) is 0.803. The number of aromatic hydroxyl groups is 1. The van der Waals surface area contributed by atoms with E-state index in [4.69, 9.17) is 5.11 Å². The van der Waals surface area contributed by atoms with E-state index in [-0.39, 0.29) is 11.7 Å². The van der Waals surface area contributed by atoms with Gasteiger partial charge in [0.15, 0.2) is 0 Å². The molecule has 4 nitrogen and oxygen atoms in total. The summed E-state index contributed by atoms with van der Waals surface area (Å²) in [5.41, 5.74) is 2.99. The number of phenols is 1. The van der Waals surface area contributed by atoms with Crippen molar-refractivity contribution in [2.75, 3.05) is 0 Å². The molecule has 68 valence electrons. The molecule has 1 amide bonds. The van der Waals surface area contributed by atoms with Gasteiger partial charge in [-0.25, -0.2) is 5.43 Å². The monoisotopic (exact) mass is 178 g/mol. The van der Waals surface area contributed by atoms with Crippen LogP contribution in [0.2, 0.25) is 0 Å². The van der Waals surface area contributed by atoms with Gasteiger partial charge in [0.2, 0.25) is 5.91 Å². The predicted octanol–water partition coefficient (Wildman–Crippen LogP) is 0.862. The molecule has 0 aliphatic rings. The van der Waals surface area contributed by atoms with Crippen LogP contribution in [0.1, 0.15) is 12.5 Å². The highest BCUT2D eigenvalue weighted by atomic mass is 16.3. The van der Waals surface area contributed by atoms with E-state index in [2.05, 4.69) is 10.5 Å². The largest absolute Gasteiger partial charge is 0.508 e. The minimum absolute atomic E-state index is 0.173. The molecule has 2 N–H and O–H groups in total. The van der Waals surface area contributed by atoms with E-state index in [1.54, 1.807) is 24.3 Å². The molecule has 0 radical (unpaired) electrons. The van der Waals surface area contributed by atoms with Gasteiger partial charge < -0.3 is 5.11 Å². The Morgan fingerprint density at radius 3 is 3.00 bits per heavy atom. The van der Waals surface area contributed by atoms with Gasteiger partial charge in [-0.15, -0.1) is 0 Å². The van der Waals surface area contributed by atoms with Crippen molar-refractivity contribution in [2.24, 2.45) is 5.10 Å². The zero-order chi connectivity index (χ0) is 9.68. The first-order valence-corrected chi connectivity index (χ1v) is 3.77. The Morgan fingerprint density at radius 2 is 2.38 bits per heavy atom. The number of benzene rings is 1. The summed E-state index contributed by atoms with van der Waals surface area (Å²) in [5.74, 6) is -0.0526. The molecule has 0 aliphatic heterocycles. The van der Waals surface area contributed by atoms with Crippen LogP contribution in [-0.2, 0) is 4.79 Å². The predicted molar refractivity (Wildman–Crippen MR) is 49.5 cm³/mol. The third kappa shape index (κ3) is 3.37. The van der Waals surface area contributed by atoms with Crippen LogP contribution in [0.4, 0.5) is 0 Å². The number of hydrazone groups is 1. The van der Waals surface area contributed by atoms with E-state index in [0.717, 1.165) is 5.56 Å². The Balaban J connectivity index is 2.63. The average molecular weight is 178 g/mol. The van der Waals surface area contributed by atoms with Crippen LogP contribution in [0, 0.1) is 0 Å². The number of phenolic OH excluding ortho intramolecular Hbond substituents is 1. The van der Waals surface area contributed by atoms with Crippen LogP contribution < -0.4 is 5.43 Å². The zero-order valence-corrected chi connectivity index (χ0v) is 7.19. The van der Waals surface area contributed by atoms with E-state index in [0.29, 0.717) is 0 Å². The summed E-state index contributed by atoms with van der Waals surface area (Å²) in [6, 6.07) is 6.58. The Bertz CT molecular complexity index is 334. The first-order chi connectivity index (χ1) is 6.18. The molecule has 0 fully saturated rings. The van der Waals surface area contributed by atoms with Gasteiger partial charge in [0.05, 0.1) is 6.21 Å². The number of amides is 1. The average Bonchev–Trinajstić information content (AvgIpc) is 2.03. The lowest BCUT2D eigenvalue weighted by molar-refractivity contribution is -0.118. The lowest BCUT2D eigenvalue weighted by Crippen LogP contribution is -2.12. The van der Waals surface area contributed by atoms with Crippen LogP contribution in [-0.4, -0.2) is 17.2 Å². The van der Waals surface area contributed by atoms with Gasteiger partial charge in [0.1, 0.15) is 5.75 Å². The molecule has 0 aromatic heterocycles. The molecule has 0 bridgehead atoms. The Morgan fingerprint density at radius 1 is 1.62 bits per heavy atom. The van der Waals surface area contributed by atoms with Crippen LogP contribution in [0.5, 0.6) is 5.75 Å². The van der Waals surface area contributed by atoms with Gasteiger partial charge in [0, 0.05) is 6.92 Å². The highest BCUT2D eigenvalue weighted by molar-refractivity contribution is 5.82. The number of nitrogens with zero attached hydrogens (tertiary/aromatic N) is 1. The maximum absolute atomic E-state index is 10.4. The number of hydrogen-bond acceptors (Lipinski definition) is 3. The second-order valence-electron chi connectivity index (χ2n) is 2.52. The van der Waals surface area contributed by atoms with Crippen LogP contribution in [0.15, 0.2) is 29.4 Å². The van der Waals surface area contributed by atoms with E-state index >= 15 is 0 Å². The zero-order valence-electron chi connectivity index (χ0n) is 7.19. The summed E-state index contributed by atoms with van der Waals surface area (Å²) in [5, 5.41) is 12.7. The van der Waals surface area contributed by atoms with Gasteiger partial charge in [-0.05, 0) is 17.7 Å². The SMILES string of the molecule is CC(=O)N/N=C/c1cccc(O)c1. The summed E-state index contributed by atoms with van der Waals surface area (Å²) in [7, 11) is 0. The molecule has 0 aliphatic carbocycles. The van der Waals surface area contributed by atoms with Crippen molar-refractivity contribution < 1.29 is 9.90 Å². The minimum atomic E-state index is -0.226. The first-order valence-electron chi connectivity index (χ1n) is 3.77. The number of rotatable bonds is 2. The number of hydrogen-bond donors (Lipinski definition) is 2. The quantitative estimate of drug-likeness (QED) is 0.521. The summed E-state index contributed by atoms with van der Waals surface area (Å²) in [6.07, 6.45) is 1.46. The maximum atomic E-state index is 10.4. The van der Waals surface area contributed by atoms with E-state index in [9.17, 15) is 4.79 Å². The Labute approximate surface area is 75.9 Å². The van der Waals surface area contributed by atoms with E-state index in [1.807, 2.05) is 0 Å². The Hall–Kier alpha value is -1.84. The molecule has 0 saturated heterocycles. The van der Waals surface area contributed by atoms with Crippen molar-refractivity contribution in [1.82, 2.24) is 5.43 Å². The molecule has 13 heavy (non-hydrogen) atoms. The third-order valence-electron chi connectivity index (χ3n) is 1.31. The van der Waals surface area contributed by atoms with Gasteiger partial charge in [-0.3, -0.25) is 4.79 Å². The number of nitrogens with one attached hydrogen (secondary N) is 1. The standard InChI is InChI=1S/C9H10N2O2/c1-7(12)11-10-6-8-3-2-4-9(13)5-8/h2-6,13H,1H3,(H,11,12)/b10-6+. The second-order valence-corrected chi connectivity index (χ2v) is 2.52. The van der Waals surface area contributed by atoms with Crippen molar-refractivity contribution in [3.05, 3.63) is 29.8 Å². The first kappa shape index (κ1) is 9.25. The summed E-state index contributed by atoms with van der Waals surface area (Å²) >= 11 is 0. The van der Waals surface area contributed by atoms with Crippen molar-refractivity contribution in [2.45, 2.75) is 6.92 Å². The molecule has 0 spiro atoms. The molecule has 1 rings (SSSR count). The molecule has 4 heteroatoms. The molecular weight excluding hydrogens is 168 g/mol. The second kappa shape index (κ2) is 4.25. The van der Waals surface area contributed by atoms with Crippen molar-refractivity contribution in [1.29, 1.82) is 0 Å². The lowest BCUT2D eigenvalue weighted by atomic mass is 10.2. The molecule has 0 heterocycles. The Kier molecular flexibility index (Phi) is 3.03. The van der Waals surface area contributed by atoms with Crippen LogP contribution in [0.25, 0.3) is 0 Å². The fourth-order valence-corrected chi connectivity index (χ4v) is 0.803. The maximum Gasteiger partial charge on any atom is 0.236 e. The molecule has 1 aromatic carbocycles. The van der Waals surface area contributed by atoms with Crippen LogP contribution in [0.3, 0.4) is 0 Å². The summed E-state index contributed by atoms with van der Waals surface area (Å²) in [6.45, 7) is 1.37. The third-order valence-corrected chi connectivity index (χ3v) is 1.31. The number of carbonyl (C=O) groups excluding carboxylic acids is 1. The van der Waals surface area contributed by atoms with Crippen LogP contribution >= 0.6 is 0 Å². The number of carbonyl (C=O) groups is 1. The van der Waals surface area contributed by atoms with E-state index < -0.39 is 0 Å². The van der Waals surface area contributed by atoms with Gasteiger partial charge in [-0.2, -0.15) is 5.10 Å². The normalized spacial score (nSPS) is 10.2. The summed E-state index contributed by atoms with van der Waals surface area (Å²) in [4.78, 5) is 10.4. The van der Waals surface area contributed by atoms with Crippen molar-refractivity contribution >= 4 is 12.1 Å². The molecule has 0 atom stereocenters. The van der Waals surface area contributed by atoms with Crippen molar-refractivity contribution in [3.63, 3.8) is 0 Å². The molecule has 0 saturated carbocycles. The molecule has 0 unspecified atom stereocenters. The summed E-state index contributed by atoms with van der Waals surface area (Å²) < 4.78 is 0. The van der Waals surface area contributed by atoms with Crippen molar-refractivity contribution in [3.8, 4) is 5.75 Å². The minimum Gasteiger partial charge on any atom is -0.508 e. The topological polar surface area (TPSA) is 61.7 Å². The molecular formula is C9H10N2O2. The lowest BCUT2D eigenvalue weighted by Gasteiger charge is -1.94. The highest BCUT2D eigenvalue weighted by Gasteiger charge is 1.89. The van der Waals surface area contributed by atoms with Gasteiger partial charge >= 0.3 is 0 Å². The van der Waals surface area contributed by atoms with Gasteiger partial charge in [0.25, 0.3) is 0 Å². The van der Waals surface area contributed by atoms with Gasteiger partial charge in [-0.1, -0.05) is 12.1 Å². The van der Waals surface area contributed by atoms with E-state index in [1.165, 1.54) is 13.1 Å². The smallest absolute Gasteiger partial charge is 0.236 e. The molecule has 1 aromatic rings.